The number of anilines is 1. The second-order valence-electron chi connectivity index (χ2n) is 5.51. The molecule has 2 aliphatic carbocycles. The van der Waals surface area contributed by atoms with Gasteiger partial charge >= 0.3 is 0 Å². The van der Waals surface area contributed by atoms with Crippen LogP contribution in [0.25, 0.3) is 0 Å². The Labute approximate surface area is 111 Å². The van der Waals surface area contributed by atoms with Gasteiger partial charge in [-0.25, -0.2) is 9.97 Å². The normalized spacial score (nSPS) is 30.8. The molecule has 1 aromatic heterocycles. The van der Waals surface area contributed by atoms with Crippen molar-refractivity contribution in [2.75, 3.05) is 18.5 Å². The van der Waals surface area contributed by atoms with Crippen molar-refractivity contribution in [1.82, 2.24) is 9.97 Å². The van der Waals surface area contributed by atoms with Crippen LogP contribution < -0.4 is 4.90 Å². The summed E-state index contributed by atoms with van der Waals surface area (Å²) in [6.45, 7) is 1.14. The van der Waals surface area contributed by atoms with Crippen LogP contribution in [0.3, 0.4) is 0 Å². The minimum atomic E-state index is 0.876. The number of halogens is 1. The number of aromatic nitrogens is 2. The molecule has 0 radical (unpaired) electrons. The molecule has 17 heavy (non-hydrogen) atoms. The number of fused-ring (bicyclic) bond motifs is 2. The highest BCUT2D eigenvalue weighted by molar-refractivity contribution is 9.10. The largest absolute Gasteiger partial charge is 0.358 e. The topological polar surface area (TPSA) is 29.0 Å². The molecule has 3 atom stereocenters. The molecule has 1 heterocycles. The number of hydrogen-bond acceptors (Lipinski definition) is 3. The molecule has 1 aromatic rings. The first-order valence-electron chi connectivity index (χ1n) is 6.40. The molecule has 0 saturated heterocycles. The van der Waals surface area contributed by atoms with E-state index in [-0.39, 0.29) is 0 Å². The number of rotatable bonds is 3. The van der Waals surface area contributed by atoms with Gasteiger partial charge in [0, 0.05) is 19.8 Å². The minimum Gasteiger partial charge on any atom is -0.358 e. The summed E-state index contributed by atoms with van der Waals surface area (Å²) in [5, 5.41) is 0. The van der Waals surface area contributed by atoms with Crippen molar-refractivity contribution in [3.05, 3.63) is 17.0 Å². The highest BCUT2D eigenvalue weighted by Gasteiger charge is 2.39. The maximum atomic E-state index is 4.35. The smallest absolute Gasteiger partial charge is 0.146 e. The highest BCUT2D eigenvalue weighted by Crippen LogP contribution is 2.48. The summed E-state index contributed by atoms with van der Waals surface area (Å²) in [4.78, 5) is 10.6. The van der Waals surface area contributed by atoms with Crippen molar-refractivity contribution in [3.63, 3.8) is 0 Å². The fourth-order valence-electron chi connectivity index (χ4n) is 3.63. The van der Waals surface area contributed by atoms with E-state index in [1.165, 1.54) is 25.7 Å². The first kappa shape index (κ1) is 11.5. The summed E-state index contributed by atoms with van der Waals surface area (Å²) in [5.74, 6) is 3.89. The molecule has 4 heteroatoms. The predicted octanol–water partition coefficient (Wildman–Crippen LogP) is 3.11. The molecule has 2 bridgehead atoms. The summed E-state index contributed by atoms with van der Waals surface area (Å²) in [6.07, 6.45) is 9.27. The fourth-order valence-corrected chi connectivity index (χ4v) is 4.15. The Morgan fingerprint density at radius 3 is 2.94 bits per heavy atom. The van der Waals surface area contributed by atoms with E-state index in [1.807, 2.05) is 6.20 Å². The zero-order valence-corrected chi connectivity index (χ0v) is 11.7. The van der Waals surface area contributed by atoms with Crippen molar-refractivity contribution >= 4 is 21.7 Å². The third-order valence-electron chi connectivity index (χ3n) is 4.40. The van der Waals surface area contributed by atoms with Gasteiger partial charge in [0.05, 0.1) is 4.47 Å². The summed E-state index contributed by atoms with van der Waals surface area (Å²) < 4.78 is 0.991. The third kappa shape index (κ3) is 2.19. The summed E-state index contributed by atoms with van der Waals surface area (Å²) in [6, 6.07) is 0. The lowest BCUT2D eigenvalue weighted by Crippen LogP contribution is -2.29. The Bertz CT molecular complexity index is 409. The maximum absolute atomic E-state index is 4.35. The second kappa shape index (κ2) is 4.56. The van der Waals surface area contributed by atoms with Gasteiger partial charge in [-0.3, -0.25) is 0 Å². The lowest BCUT2D eigenvalue weighted by molar-refractivity contribution is 0.337. The van der Waals surface area contributed by atoms with Crippen molar-refractivity contribution in [2.45, 2.75) is 25.7 Å². The van der Waals surface area contributed by atoms with Gasteiger partial charge in [-0.05, 0) is 52.9 Å². The van der Waals surface area contributed by atoms with Crippen LogP contribution in [-0.4, -0.2) is 23.6 Å². The van der Waals surface area contributed by atoms with Crippen LogP contribution in [0.5, 0.6) is 0 Å². The van der Waals surface area contributed by atoms with E-state index in [1.54, 1.807) is 6.33 Å². The van der Waals surface area contributed by atoms with Crippen LogP contribution in [0.2, 0.25) is 0 Å². The van der Waals surface area contributed by atoms with Crippen molar-refractivity contribution < 1.29 is 0 Å². The molecule has 2 aliphatic rings. The van der Waals surface area contributed by atoms with Crippen LogP contribution in [-0.2, 0) is 0 Å². The zero-order chi connectivity index (χ0) is 11.8. The van der Waals surface area contributed by atoms with E-state index in [0.29, 0.717) is 0 Å². The van der Waals surface area contributed by atoms with Crippen molar-refractivity contribution in [2.24, 2.45) is 17.8 Å². The van der Waals surface area contributed by atoms with Crippen LogP contribution >= 0.6 is 15.9 Å². The van der Waals surface area contributed by atoms with Gasteiger partial charge in [0.15, 0.2) is 0 Å². The van der Waals surface area contributed by atoms with Crippen LogP contribution in [0.4, 0.5) is 5.82 Å². The third-order valence-corrected chi connectivity index (χ3v) is 4.96. The Morgan fingerprint density at radius 1 is 1.41 bits per heavy atom. The van der Waals surface area contributed by atoms with E-state index in [4.69, 9.17) is 0 Å². The Balaban J connectivity index is 1.68. The van der Waals surface area contributed by atoms with E-state index < -0.39 is 0 Å². The Morgan fingerprint density at radius 2 is 2.29 bits per heavy atom. The van der Waals surface area contributed by atoms with Gasteiger partial charge < -0.3 is 4.90 Å². The second-order valence-corrected chi connectivity index (χ2v) is 6.36. The van der Waals surface area contributed by atoms with E-state index in [0.717, 1.165) is 34.6 Å². The summed E-state index contributed by atoms with van der Waals surface area (Å²) in [5.41, 5.74) is 0. The molecular formula is C13H18BrN3. The molecule has 3 unspecified atom stereocenters. The van der Waals surface area contributed by atoms with Crippen molar-refractivity contribution in [3.8, 4) is 0 Å². The van der Waals surface area contributed by atoms with Crippen LogP contribution in [0, 0.1) is 17.8 Å². The Hall–Kier alpha value is -0.640. The van der Waals surface area contributed by atoms with Gasteiger partial charge in [0.2, 0.25) is 0 Å². The molecule has 3 nitrogen and oxygen atoms in total. The van der Waals surface area contributed by atoms with Gasteiger partial charge in [0.25, 0.3) is 0 Å². The highest BCUT2D eigenvalue weighted by atomic mass is 79.9. The quantitative estimate of drug-likeness (QED) is 0.858. The van der Waals surface area contributed by atoms with E-state index >= 15 is 0 Å². The number of hydrogen-bond donors (Lipinski definition) is 0. The molecule has 0 N–H and O–H groups in total. The van der Waals surface area contributed by atoms with Gasteiger partial charge in [0.1, 0.15) is 12.1 Å². The van der Waals surface area contributed by atoms with Crippen LogP contribution in [0.15, 0.2) is 17.0 Å². The van der Waals surface area contributed by atoms with E-state index in [9.17, 15) is 0 Å². The minimum absolute atomic E-state index is 0.876. The van der Waals surface area contributed by atoms with Gasteiger partial charge in [-0.15, -0.1) is 0 Å². The first-order chi connectivity index (χ1) is 8.24. The molecule has 3 rings (SSSR count). The Kier molecular flexibility index (Phi) is 3.07. The molecule has 0 amide bonds. The zero-order valence-electron chi connectivity index (χ0n) is 10.1. The molecule has 2 fully saturated rings. The fraction of sp³-hybridized carbons (Fsp3) is 0.692. The molecule has 2 saturated carbocycles. The molecule has 0 spiro atoms. The van der Waals surface area contributed by atoms with Gasteiger partial charge in [-0.2, -0.15) is 0 Å². The van der Waals surface area contributed by atoms with Gasteiger partial charge in [-0.1, -0.05) is 6.42 Å². The first-order valence-corrected chi connectivity index (χ1v) is 7.20. The average molecular weight is 296 g/mol. The molecule has 0 aromatic carbocycles. The van der Waals surface area contributed by atoms with Crippen molar-refractivity contribution in [1.29, 1.82) is 0 Å². The predicted molar refractivity (Wildman–Crippen MR) is 71.9 cm³/mol. The molecular weight excluding hydrogens is 278 g/mol. The monoisotopic (exact) mass is 295 g/mol. The molecule has 92 valence electrons. The maximum Gasteiger partial charge on any atom is 0.146 e. The lowest BCUT2D eigenvalue weighted by atomic mass is 9.88. The summed E-state index contributed by atoms with van der Waals surface area (Å²) >= 11 is 3.52. The molecule has 0 aliphatic heterocycles. The standard InChI is InChI=1S/C13H18BrN3/c1-17(13-12(14)6-15-8-16-13)7-11-5-9-2-3-10(11)4-9/h6,8-11H,2-5,7H2,1H3. The lowest BCUT2D eigenvalue weighted by Gasteiger charge is -2.28. The SMILES string of the molecule is CN(CC1CC2CCC1C2)c1ncncc1Br. The van der Waals surface area contributed by atoms with Crippen LogP contribution in [0.1, 0.15) is 25.7 Å². The summed E-state index contributed by atoms with van der Waals surface area (Å²) in [7, 11) is 2.14. The average Bonchev–Trinajstić information content (AvgIpc) is 2.91. The van der Waals surface area contributed by atoms with E-state index in [2.05, 4.69) is 37.8 Å². The number of nitrogens with zero attached hydrogens (tertiary/aromatic N) is 3.